The average Bonchev–Trinajstić information content (AvgIpc) is 3.07. The summed E-state index contributed by atoms with van der Waals surface area (Å²) in [5, 5.41) is 2.75. The molecule has 0 saturated carbocycles. The fraction of sp³-hybridized carbons (Fsp3) is 0.222. The molecule has 174 valence electrons. The number of carbonyl (C=O) groups excluding carboxylic acids is 3. The average molecular weight is 459 g/mol. The third-order valence-electron chi connectivity index (χ3n) is 5.59. The lowest BCUT2D eigenvalue weighted by Gasteiger charge is -2.19. The van der Waals surface area contributed by atoms with Gasteiger partial charge in [0.1, 0.15) is 11.5 Å². The number of amides is 3. The van der Waals surface area contributed by atoms with Crippen molar-refractivity contribution in [2.24, 2.45) is 0 Å². The van der Waals surface area contributed by atoms with E-state index in [0.717, 1.165) is 4.90 Å². The Morgan fingerprint density at radius 1 is 0.912 bits per heavy atom. The Balaban J connectivity index is 1.43. The van der Waals surface area contributed by atoms with Gasteiger partial charge in [0.25, 0.3) is 17.7 Å². The maximum atomic E-state index is 12.8. The minimum Gasteiger partial charge on any atom is -0.494 e. The summed E-state index contributed by atoms with van der Waals surface area (Å²) in [5.74, 6) is -0.300. The van der Waals surface area contributed by atoms with Gasteiger partial charge >= 0.3 is 0 Å². The number of imide groups is 1. The summed E-state index contributed by atoms with van der Waals surface area (Å²) in [6.07, 6.45) is 0. The van der Waals surface area contributed by atoms with Crippen LogP contribution >= 0.6 is 0 Å². The largest absolute Gasteiger partial charge is 0.494 e. The predicted molar refractivity (Wildman–Crippen MR) is 130 cm³/mol. The van der Waals surface area contributed by atoms with Crippen molar-refractivity contribution in [2.45, 2.75) is 26.2 Å². The molecule has 0 fully saturated rings. The number of methoxy groups -OCH3 is 1. The van der Waals surface area contributed by atoms with Crippen molar-refractivity contribution in [3.05, 3.63) is 83.4 Å². The summed E-state index contributed by atoms with van der Waals surface area (Å²) >= 11 is 0. The molecular formula is C27H26N2O5. The van der Waals surface area contributed by atoms with Crippen LogP contribution in [0, 0.1) is 0 Å². The van der Waals surface area contributed by atoms with E-state index in [2.05, 4.69) is 26.1 Å². The zero-order chi connectivity index (χ0) is 24.5. The summed E-state index contributed by atoms with van der Waals surface area (Å²) in [6.45, 7) is 6.22. The van der Waals surface area contributed by atoms with Crippen LogP contribution in [-0.2, 0) is 10.2 Å². The number of benzene rings is 3. The first-order valence-electron chi connectivity index (χ1n) is 10.9. The Hall–Kier alpha value is -4.13. The number of rotatable bonds is 6. The molecule has 0 bridgehead atoms. The fourth-order valence-corrected chi connectivity index (χ4v) is 3.75. The summed E-state index contributed by atoms with van der Waals surface area (Å²) in [5.41, 5.74) is 2.67. The van der Waals surface area contributed by atoms with Gasteiger partial charge in [-0.05, 0) is 47.4 Å². The van der Waals surface area contributed by atoms with Crippen molar-refractivity contribution in [2.75, 3.05) is 23.9 Å². The number of ether oxygens (including phenoxy) is 2. The number of fused-ring (bicyclic) bond motifs is 1. The van der Waals surface area contributed by atoms with Crippen molar-refractivity contribution in [1.82, 2.24) is 0 Å². The normalized spacial score (nSPS) is 13.0. The van der Waals surface area contributed by atoms with Crippen LogP contribution in [0.5, 0.6) is 11.5 Å². The van der Waals surface area contributed by atoms with Crippen molar-refractivity contribution < 1.29 is 23.9 Å². The van der Waals surface area contributed by atoms with Crippen LogP contribution in [0.3, 0.4) is 0 Å². The zero-order valence-corrected chi connectivity index (χ0v) is 19.5. The van der Waals surface area contributed by atoms with Crippen LogP contribution in [-0.4, -0.2) is 31.4 Å². The van der Waals surface area contributed by atoms with Crippen LogP contribution in [0.15, 0.2) is 66.7 Å². The molecule has 0 spiro atoms. The number of hydrogen-bond acceptors (Lipinski definition) is 5. The Labute approximate surface area is 198 Å². The van der Waals surface area contributed by atoms with Gasteiger partial charge in [-0.25, -0.2) is 4.90 Å². The van der Waals surface area contributed by atoms with Crippen molar-refractivity contribution in [3.63, 3.8) is 0 Å². The van der Waals surface area contributed by atoms with Gasteiger partial charge in [-0.1, -0.05) is 45.0 Å². The first-order chi connectivity index (χ1) is 16.2. The molecule has 7 heteroatoms. The minimum atomic E-state index is -0.415. The van der Waals surface area contributed by atoms with E-state index >= 15 is 0 Å². The van der Waals surface area contributed by atoms with Gasteiger partial charge in [0.2, 0.25) is 0 Å². The van der Waals surface area contributed by atoms with Gasteiger partial charge in [-0.15, -0.1) is 0 Å². The van der Waals surface area contributed by atoms with Gasteiger partial charge in [0.15, 0.2) is 6.61 Å². The number of hydrogen-bond donors (Lipinski definition) is 1. The first kappa shape index (κ1) is 23.0. The van der Waals surface area contributed by atoms with Gasteiger partial charge in [-0.3, -0.25) is 14.4 Å². The van der Waals surface area contributed by atoms with E-state index in [1.54, 1.807) is 42.5 Å². The lowest BCUT2D eigenvalue weighted by atomic mass is 9.87. The molecule has 0 atom stereocenters. The molecule has 1 N–H and O–H groups in total. The first-order valence-corrected chi connectivity index (χ1v) is 10.9. The summed E-state index contributed by atoms with van der Waals surface area (Å²) in [4.78, 5) is 39.1. The van der Waals surface area contributed by atoms with Crippen LogP contribution in [0.2, 0.25) is 0 Å². The molecule has 1 aliphatic rings. The number of anilines is 2. The molecule has 0 unspecified atom stereocenters. The molecule has 7 nitrogen and oxygen atoms in total. The zero-order valence-electron chi connectivity index (χ0n) is 19.5. The van der Waals surface area contributed by atoms with E-state index in [1.165, 1.54) is 12.7 Å². The van der Waals surface area contributed by atoms with Crippen LogP contribution in [0.4, 0.5) is 11.4 Å². The monoisotopic (exact) mass is 458 g/mol. The molecule has 3 aromatic rings. The van der Waals surface area contributed by atoms with Gasteiger partial charge < -0.3 is 14.8 Å². The summed E-state index contributed by atoms with van der Waals surface area (Å²) in [6, 6.07) is 19.1. The highest BCUT2D eigenvalue weighted by Crippen LogP contribution is 2.36. The molecular weight excluding hydrogens is 432 g/mol. The predicted octanol–water partition coefficient (Wildman–Crippen LogP) is 4.81. The van der Waals surface area contributed by atoms with Crippen LogP contribution < -0.4 is 19.7 Å². The fourth-order valence-electron chi connectivity index (χ4n) is 3.75. The van der Waals surface area contributed by atoms with Gasteiger partial charge in [0, 0.05) is 11.8 Å². The smallest absolute Gasteiger partial charge is 0.266 e. The van der Waals surface area contributed by atoms with E-state index < -0.39 is 11.8 Å². The maximum absolute atomic E-state index is 12.8. The Morgan fingerprint density at radius 2 is 1.53 bits per heavy atom. The Kier molecular flexibility index (Phi) is 6.11. The lowest BCUT2D eigenvalue weighted by molar-refractivity contribution is -0.118. The highest BCUT2D eigenvalue weighted by Gasteiger charge is 2.37. The topological polar surface area (TPSA) is 84.9 Å². The van der Waals surface area contributed by atoms with Gasteiger partial charge in [-0.2, -0.15) is 0 Å². The molecule has 3 amide bonds. The molecule has 1 heterocycles. The van der Waals surface area contributed by atoms with Crippen LogP contribution in [0.1, 0.15) is 47.1 Å². The van der Waals surface area contributed by atoms with E-state index in [9.17, 15) is 14.4 Å². The van der Waals surface area contributed by atoms with Crippen LogP contribution in [0.25, 0.3) is 0 Å². The molecule has 34 heavy (non-hydrogen) atoms. The molecule has 0 aromatic heterocycles. The quantitative estimate of drug-likeness (QED) is 0.536. The molecule has 1 aliphatic heterocycles. The molecule has 0 saturated heterocycles. The van der Waals surface area contributed by atoms with E-state index in [-0.39, 0.29) is 23.7 Å². The summed E-state index contributed by atoms with van der Waals surface area (Å²) in [7, 11) is 1.44. The lowest BCUT2D eigenvalue weighted by Crippen LogP contribution is -2.29. The second-order valence-corrected chi connectivity index (χ2v) is 8.99. The number of nitrogens with one attached hydrogen (secondary N) is 1. The second kappa shape index (κ2) is 9.02. The summed E-state index contributed by atoms with van der Waals surface area (Å²) < 4.78 is 11.0. The Bertz CT molecular complexity index is 1220. The van der Waals surface area contributed by atoms with Crippen molar-refractivity contribution in [1.29, 1.82) is 0 Å². The highest BCUT2D eigenvalue weighted by atomic mass is 16.5. The molecule has 0 aliphatic carbocycles. The molecule has 4 rings (SSSR count). The standard InChI is InChI=1S/C27H26N2O5/c1-27(2,3)17-9-12-19(13-10-17)34-16-24(30)28-18-11-14-22(23(15-18)33-4)29-25(31)20-7-5-6-8-21(20)26(29)32/h5-15H,16H2,1-4H3,(H,28,30). The number of nitrogens with zero attached hydrogens (tertiary/aromatic N) is 1. The van der Waals surface area contributed by atoms with E-state index in [4.69, 9.17) is 9.47 Å². The number of carbonyl (C=O) groups is 3. The Morgan fingerprint density at radius 3 is 2.09 bits per heavy atom. The minimum absolute atomic E-state index is 0.0359. The van der Waals surface area contributed by atoms with Crippen molar-refractivity contribution in [3.8, 4) is 11.5 Å². The maximum Gasteiger partial charge on any atom is 0.266 e. The van der Waals surface area contributed by atoms with E-state index in [1.807, 2.05) is 24.3 Å². The third-order valence-corrected chi connectivity index (χ3v) is 5.59. The van der Waals surface area contributed by atoms with Gasteiger partial charge in [0.05, 0.1) is 23.9 Å². The second-order valence-electron chi connectivity index (χ2n) is 8.99. The van der Waals surface area contributed by atoms with E-state index in [0.29, 0.717) is 28.3 Å². The molecule has 0 radical (unpaired) electrons. The SMILES string of the molecule is COc1cc(NC(=O)COc2ccc(C(C)(C)C)cc2)ccc1N1C(=O)c2ccccc2C1=O. The van der Waals surface area contributed by atoms with Crippen molar-refractivity contribution >= 4 is 29.1 Å². The highest BCUT2D eigenvalue weighted by molar-refractivity contribution is 6.34. The molecule has 3 aromatic carbocycles. The third kappa shape index (κ3) is 4.50.